The predicted molar refractivity (Wildman–Crippen MR) is 64.5 cm³/mol. The van der Waals surface area contributed by atoms with Gasteiger partial charge in [-0.15, -0.1) is 0 Å². The van der Waals surface area contributed by atoms with E-state index in [4.69, 9.17) is 9.47 Å². The van der Waals surface area contributed by atoms with Gasteiger partial charge in [-0.3, -0.25) is 4.79 Å². The minimum absolute atomic E-state index is 0.183. The summed E-state index contributed by atoms with van der Waals surface area (Å²) < 4.78 is 11.0. The monoisotopic (exact) mass is 234 g/mol. The molecule has 0 spiro atoms. The highest BCUT2D eigenvalue weighted by Gasteiger charge is 2.37. The van der Waals surface area contributed by atoms with Gasteiger partial charge in [0.05, 0.1) is 6.61 Å². The molecule has 0 N–H and O–H groups in total. The van der Waals surface area contributed by atoms with Crippen LogP contribution in [0.25, 0.3) is 0 Å². The van der Waals surface area contributed by atoms with Crippen molar-refractivity contribution in [1.82, 2.24) is 0 Å². The van der Waals surface area contributed by atoms with Gasteiger partial charge in [0.25, 0.3) is 0 Å². The van der Waals surface area contributed by atoms with Crippen LogP contribution < -0.4 is 0 Å². The first kappa shape index (κ1) is 12.1. The molecule has 0 aliphatic carbocycles. The van der Waals surface area contributed by atoms with Crippen LogP contribution in [0.4, 0.5) is 0 Å². The minimum Gasteiger partial charge on any atom is -0.435 e. The third-order valence-corrected chi connectivity index (χ3v) is 2.83. The highest BCUT2D eigenvalue weighted by atomic mass is 16.7. The lowest BCUT2D eigenvalue weighted by Gasteiger charge is -2.35. The highest BCUT2D eigenvalue weighted by Crippen LogP contribution is 2.31. The summed E-state index contributed by atoms with van der Waals surface area (Å²) in [5.41, 5.74) is 0.766. The summed E-state index contributed by atoms with van der Waals surface area (Å²) in [6, 6.07) is 9.60. The maximum absolute atomic E-state index is 11.9. The molecule has 1 fully saturated rings. The van der Waals surface area contributed by atoms with Crippen LogP contribution in [-0.4, -0.2) is 18.9 Å². The summed E-state index contributed by atoms with van der Waals surface area (Å²) >= 11 is 0. The Morgan fingerprint density at radius 1 is 1.18 bits per heavy atom. The molecule has 1 aromatic carbocycles. The average Bonchev–Trinajstić information content (AvgIpc) is 2.29. The first-order valence-electron chi connectivity index (χ1n) is 5.85. The zero-order valence-electron chi connectivity index (χ0n) is 10.5. The van der Waals surface area contributed by atoms with Crippen LogP contribution in [0.5, 0.6) is 0 Å². The number of ether oxygens (including phenoxy) is 2. The van der Waals surface area contributed by atoms with Crippen LogP contribution in [0.2, 0.25) is 0 Å². The van der Waals surface area contributed by atoms with E-state index in [1.54, 1.807) is 0 Å². The van der Waals surface area contributed by atoms with Crippen molar-refractivity contribution < 1.29 is 14.3 Å². The first-order chi connectivity index (χ1) is 7.98. The summed E-state index contributed by atoms with van der Waals surface area (Å²) in [5, 5.41) is 0. The number of hydrogen-bond acceptors (Lipinski definition) is 3. The van der Waals surface area contributed by atoms with E-state index >= 15 is 0 Å². The molecule has 0 amide bonds. The smallest absolute Gasteiger partial charge is 0.318 e. The Kier molecular flexibility index (Phi) is 3.20. The highest BCUT2D eigenvalue weighted by molar-refractivity contribution is 5.79. The molecule has 0 radical (unpaired) electrons. The second kappa shape index (κ2) is 4.49. The van der Waals surface area contributed by atoms with E-state index in [0.29, 0.717) is 6.61 Å². The molecule has 2 atom stereocenters. The number of rotatable bonds is 1. The van der Waals surface area contributed by atoms with Gasteiger partial charge in [0.2, 0.25) is 6.29 Å². The molecule has 0 unspecified atom stereocenters. The van der Waals surface area contributed by atoms with E-state index < -0.39 is 6.29 Å². The molecule has 3 nitrogen and oxygen atoms in total. The lowest BCUT2D eigenvalue weighted by atomic mass is 9.93. The Labute approximate surface area is 102 Å². The fraction of sp³-hybridized carbons (Fsp3) is 0.500. The van der Waals surface area contributed by atoms with Crippen LogP contribution in [0.3, 0.4) is 0 Å². The third kappa shape index (κ3) is 2.67. The molecule has 1 aliphatic rings. The molecule has 3 heteroatoms. The molecule has 2 rings (SSSR count). The second-order valence-electron chi connectivity index (χ2n) is 5.43. The molecule has 1 aromatic rings. The van der Waals surface area contributed by atoms with Gasteiger partial charge in [0.1, 0.15) is 5.92 Å². The molecule has 92 valence electrons. The fourth-order valence-electron chi connectivity index (χ4n) is 1.82. The molecule has 17 heavy (non-hydrogen) atoms. The largest absolute Gasteiger partial charge is 0.435 e. The summed E-state index contributed by atoms with van der Waals surface area (Å²) in [5.74, 6) is -0.489. The van der Waals surface area contributed by atoms with Crippen LogP contribution in [0.15, 0.2) is 30.3 Å². The number of carbonyl (C=O) groups is 1. The van der Waals surface area contributed by atoms with Crippen molar-refractivity contribution in [2.24, 2.45) is 5.41 Å². The molecule has 1 saturated heterocycles. The van der Waals surface area contributed by atoms with Crippen molar-refractivity contribution >= 4 is 5.97 Å². The number of cyclic esters (lactones) is 1. The molecular formula is C14H18O3. The van der Waals surface area contributed by atoms with Gasteiger partial charge in [-0.05, 0) is 5.56 Å². The molecule has 0 saturated carbocycles. The van der Waals surface area contributed by atoms with Crippen LogP contribution in [0, 0.1) is 5.41 Å². The van der Waals surface area contributed by atoms with Crippen molar-refractivity contribution in [2.75, 3.05) is 6.61 Å². The van der Waals surface area contributed by atoms with E-state index in [0.717, 1.165) is 5.56 Å². The summed E-state index contributed by atoms with van der Waals surface area (Å²) in [4.78, 5) is 11.9. The van der Waals surface area contributed by atoms with E-state index in [-0.39, 0.29) is 17.3 Å². The second-order valence-corrected chi connectivity index (χ2v) is 5.43. The molecule has 0 bridgehead atoms. The maximum Gasteiger partial charge on any atom is 0.318 e. The van der Waals surface area contributed by atoms with E-state index in [1.165, 1.54) is 0 Å². The van der Waals surface area contributed by atoms with Crippen molar-refractivity contribution in [1.29, 1.82) is 0 Å². The van der Waals surface area contributed by atoms with E-state index in [1.807, 2.05) is 51.1 Å². The van der Waals surface area contributed by atoms with Crippen molar-refractivity contribution in [3.63, 3.8) is 0 Å². The van der Waals surface area contributed by atoms with Crippen molar-refractivity contribution in [2.45, 2.75) is 33.0 Å². The van der Waals surface area contributed by atoms with Gasteiger partial charge in [-0.1, -0.05) is 51.1 Å². The number of esters is 1. The fourth-order valence-corrected chi connectivity index (χ4v) is 1.82. The Morgan fingerprint density at radius 2 is 1.82 bits per heavy atom. The lowest BCUT2D eigenvalue weighted by Crippen LogP contribution is -2.42. The van der Waals surface area contributed by atoms with Gasteiger partial charge in [-0.2, -0.15) is 0 Å². The third-order valence-electron chi connectivity index (χ3n) is 2.83. The lowest BCUT2D eigenvalue weighted by molar-refractivity contribution is -0.227. The summed E-state index contributed by atoms with van der Waals surface area (Å²) in [6.07, 6.45) is -0.449. The molecular weight excluding hydrogens is 216 g/mol. The predicted octanol–water partition coefficient (Wildman–Crippen LogP) is 2.72. The SMILES string of the molecule is CC(C)(C)[C@H]1OC[C@H](c2ccccc2)C(=O)O1. The Bertz CT molecular complexity index is 392. The van der Waals surface area contributed by atoms with Gasteiger partial charge in [0.15, 0.2) is 0 Å². The quantitative estimate of drug-likeness (QED) is 0.701. The van der Waals surface area contributed by atoms with E-state index in [9.17, 15) is 4.79 Å². The van der Waals surface area contributed by atoms with Gasteiger partial charge in [0, 0.05) is 5.41 Å². The van der Waals surface area contributed by atoms with Gasteiger partial charge < -0.3 is 9.47 Å². The van der Waals surface area contributed by atoms with Crippen LogP contribution in [0.1, 0.15) is 32.3 Å². The minimum atomic E-state index is -0.449. The standard InChI is InChI=1S/C14H18O3/c1-14(2,3)13-16-9-11(12(15)17-13)10-7-5-4-6-8-10/h4-8,11,13H,9H2,1-3H3/t11-,13+/m1/s1. The summed E-state index contributed by atoms with van der Waals surface area (Å²) in [7, 11) is 0. The van der Waals surface area contributed by atoms with E-state index in [2.05, 4.69) is 0 Å². The molecule has 1 heterocycles. The maximum atomic E-state index is 11.9. The number of hydrogen-bond donors (Lipinski definition) is 0. The molecule has 1 aliphatic heterocycles. The number of carbonyl (C=O) groups excluding carboxylic acids is 1. The average molecular weight is 234 g/mol. The van der Waals surface area contributed by atoms with Crippen molar-refractivity contribution in [3.8, 4) is 0 Å². The zero-order valence-corrected chi connectivity index (χ0v) is 10.5. The van der Waals surface area contributed by atoms with Crippen molar-refractivity contribution in [3.05, 3.63) is 35.9 Å². The molecule has 0 aromatic heterocycles. The van der Waals surface area contributed by atoms with Crippen LogP contribution in [-0.2, 0) is 14.3 Å². The van der Waals surface area contributed by atoms with Crippen LogP contribution >= 0.6 is 0 Å². The first-order valence-corrected chi connectivity index (χ1v) is 5.85. The topological polar surface area (TPSA) is 35.5 Å². The van der Waals surface area contributed by atoms with Gasteiger partial charge >= 0.3 is 5.97 Å². The Morgan fingerprint density at radius 3 is 2.35 bits per heavy atom. The Balaban J connectivity index is 2.10. The number of benzene rings is 1. The normalized spacial score (nSPS) is 25.5. The summed E-state index contributed by atoms with van der Waals surface area (Å²) in [6.45, 7) is 6.38. The Hall–Kier alpha value is -1.35. The zero-order chi connectivity index (χ0) is 12.5. The van der Waals surface area contributed by atoms with Gasteiger partial charge in [-0.25, -0.2) is 0 Å².